The van der Waals surface area contributed by atoms with Gasteiger partial charge in [-0.25, -0.2) is 0 Å². The Morgan fingerprint density at radius 3 is 0.633 bits per heavy atom. The van der Waals surface area contributed by atoms with Gasteiger partial charge in [-0.1, -0.05) is 111 Å². The van der Waals surface area contributed by atoms with E-state index in [-0.39, 0.29) is 0 Å². The summed E-state index contributed by atoms with van der Waals surface area (Å²) < 4.78 is 9.08. The Morgan fingerprint density at radius 1 is 0.367 bits per heavy atom. The zero-order valence-electron chi connectivity index (χ0n) is 24.0. The molecular formula is C25H59N3Si2. The predicted molar refractivity (Wildman–Crippen MR) is 144 cm³/mol. The van der Waals surface area contributed by atoms with E-state index in [2.05, 4.69) is 131 Å². The van der Waals surface area contributed by atoms with Crippen molar-refractivity contribution in [3.63, 3.8) is 0 Å². The fourth-order valence-electron chi connectivity index (χ4n) is 7.56. The standard InChI is InChI=1S/C25H59N3Si2/c1-18(2)27(19(3)4)29(22(9)10,23(11)12)26(17)30(24(13)14,25(15)16)28(20(5)6)21(7)8/h18-25H,1-17H3. The largest absolute Gasteiger partial charge is 0.323 e. The van der Waals surface area contributed by atoms with Gasteiger partial charge in [-0.15, -0.1) is 0 Å². The van der Waals surface area contributed by atoms with E-state index >= 15 is 0 Å². The van der Waals surface area contributed by atoms with E-state index in [0.717, 1.165) is 0 Å². The van der Waals surface area contributed by atoms with Crippen molar-refractivity contribution >= 4 is 16.8 Å². The van der Waals surface area contributed by atoms with Crippen LogP contribution in [-0.4, -0.2) is 61.4 Å². The molecule has 0 aromatic heterocycles. The summed E-state index contributed by atoms with van der Waals surface area (Å²) >= 11 is 0. The first-order valence-corrected chi connectivity index (χ1v) is 16.9. The first kappa shape index (κ1) is 30.3. The molecule has 0 rings (SSSR count). The molecule has 0 aromatic rings. The molecule has 0 radical (unpaired) electrons. The van der Waals surface area contributed by atoms with Crippen molar-refractivity contribution < 1.29 is 0 Å². The lowest BCUT2D eigenvalue weighted by atomic mass is 10.3. The molecule has 0 bridgehead atoms. The van der Waals surface area contributed by atoms with Gasteiger partial charge in [0.2, 0.25) is 16.8 Å². The lowest BCUT2D eigenvalue weighted by Gasteiger charge is -2.66. The molecule has 0 heterocycles. The third kappa shape index (κ3) is 5.11. The highest BCUT2D eigenvalue weighted by molar-refractivity contribution is 6.92. The van der Waals surface area contributed by atoms with Crippen LogP contribution in [0.2, 0.25) is 22.2 Å². The summed E-state index contributed by atoms with van der Waals surface area (Å²) in [5, 5.41) is 0. The zero-order valence-corrected chi connectivity index (χ0v) is 26.0. The van der Waals surface area contributed by atoms with Crippen molar-refractivity contribution in [3.8, 4) is 0 Å². The molecule has 0 fully saturated rings. The highest BCUT2D eigenvalue weighted by atomic mass is 28.4. The second kappa shape index (κ2) is 11.4. The van der Waals surface area contributed by atoms with Gasteiger partial charge in [-0.2, -0.15) is 0 Å². The average molecular weight is 458 g/mol. The number of hydrogen-bond donors (Lipinski definition) is 0. The molecule has 0 N–H and O–H groups in total. The van der Waals surface area contributed by atoms with Crippen molar-refractivity contribution in [1.82, 2.24) is 13.4 Å². The summed E-state index contributed by atoms with van der Waals surface area (Å²) in [6.07, 6.45) is 0. The number of rotatable bonds is 12. The summed E-state index contributed by atoms with van der Waals surface area (Å²) in [7, 11) is -1.51. The van der Waals surface area contributed by atoms with E-state index in [4.69, 9.17) is 0 Å². The Hall–Kier alpha value is 0.314. The van der Waals surface area contributed by atoms with Crippen LogP contribution in [-0.2, 0) is 0 Å². The maximum Gasteiger partial charge on any atom is 0.206 e. The summed E-state index contributed by atoms with van der Waals surface area (Å²) in [6, 6.07) is 2.23. The van der Waals surface area contributed by atoms with Crippen LogP contribution in [0.4, 0.5) is 0 Å². The van der Waals surface area contributed by atoms with Crippen LogP contribution in [0.1, 0.15) is 111 Å². The Labute approximate surface area is 194 Å². The molecule has 0 saturated carbocycles. The lowest BCUT2D eigenvalue weighted by Crippen LogP contribution is -2.83. The van der Waals surface area contributed by atoms with Crippen LogP contribution in [0.25, 0.3) is 0 Å². The Kier molecular flexibility index (Phi) is 11.6. The van der Waals surface area contributed by atoms with Crippen molar-refractivity contribution in [2.75, 3.05) is 7.05 Å². The molecule has 0 aliphatic heterocycles. The van der Waals surface area contributed by atoms with Gasteiger partial charge in [0.15, 0.2) is 0 Å². The second-order valence-electron chi connectivity index (χ2n) is 11.9. The van der Waals surface area contributed by atoms with Gasteiger partial charge >= 0.3 is 0 Å². The zero-order chi connectivity index (χ0) is 24.4. The maximum atomic E-state index is 3.12. The van der Waals surface area contributed by atoms with Gasteiger partial charge in [0.1, 0.15) is 0 Å². The van der Waals surface area contributed by atoms with E-state index in [9.17, 15) is 0 Å². The molecule has 182 valence electrons. The third-order valence-electron chi connectivity index (χ3n) is 7.53. The minimum absolute atomic E-state index is 0.557. The molecule has 30 heavy (non-hydrogen) atoms. The normalized spacial score (nSPS) is 14.8. The van der Waals surface area contributed by atoms with E-state index in [1.807, 2.05) is 0 Å². The fraction of sp³-hybridized carbons (Fsp3) is 1.00. The fourth-order valence-corrected chi connectivity index (χ4v) is 25.8. The summed E-state index contributed by atoms with van der Waals surface area (Å²) in [4.78, 5) is 0. The molecular weight excluding hydrogens is 398 g/mol. The quantitative estimate of drug-likeness (QED) is 0.278. The van der Waals surface area contributed by atoms with E-state index in [0.29, 0.717) is 46.3 Å². The minimum Gasteiger partial charge on any atom is -0.323 e. The first-order chi connectivity index (χ1) is 13.5. The molecule has 5 heteroatoms. The minimum atomic E-state index is -2.04. The van der Waals surface area contributed by atoms with Crippen LogP contribution in [0, 0.1) is 0 Å². The predicted octanol–water partition coefficient (Wildman–Crippen LogP) is 7.68. The Balaban J connectivity index is 7.43. The SMILES string of the molecule is CC(C)N(C(C)C)[Si](C(C)C)(C(C)C)N(C)[Si](C(C)C)(C(C)C)N(C(C)C)C(C)C. The van der Waals surface area contributed by atoms with Gasteiger partial charge in [0, 0.05) is 0 Å². The van der Waals surface area contributed by atoms with Gasteiger partial charge in [-0.05, 0) is 53.4 Å². The topological polar surface area (TPSA) is 9.72 Å². The van der Waals surface area contributed by atoms with Gasteiger partial charge in [-0.3, -0.25) is 0 Å². The Bertz CT molecular complexity index is 423. The van der Waals surface area contributed by atoms with Crippen LogP contribution < -0.4 is 0 Å². The van der Waals surface area contributed by atoms with Crippen LogP contribution in [0.5, 0.6) is 0 Å². The lowest BCUT2D eigenvalue weighted by molar-refractivity contribution is 0.229. The summed E-state index contributed by atoms with van der Waals surface area (Å²) in [5.74, 6) is 0. The highest BCUT2D eigenvalue weighted by Gasteiger charge is 2.62. The van der Waals surface area contributed by atoms with Crippen LogP contribution in [0.15, 0.2) is 0 Å². The van der Waals surface area contributed by atoms with Gasteiger partial charge in [0.05, 0.1) is 0 Å². The monoisotopic (exact) mass is 457 g/mol. The molecule has 3 nitrogen and oxygen atoms in total. The number of hydrogen-bond acceptors (Lipinski definition) is 3. The molecule has 0 spiro atoms. The van der Waals surface area contributed by atoms with Crippen molar-refractivity contribution in [3.05, 3.63) is 0 Å². The Morgan fingerprint density at radius 2 is 0.533 bits per heavy atom. The molecule has 0 aliphatic carbocycles. The molecule has 0 aromatic carbocycles. The van der Waals surface area contributed by atoms with Crippen LogP contribution >= 0.6 is 0 Å². The molecule has 0 amide bonds. The summed E-state index contributed by atoms with van der Waals surface area (Å²) in [6.45, 7) is 39.6. The summed E-state index contributed by atoms with van der Waals surface area (Å²) in [5.41, 5.74) is 2.66. The smallest absolute Gasteiger partial charge is 0.206 e. The number of nitrogens with zero attached hydrogens (tertiary/aromatic N) is 3. The van der Waals surface area contributed by atoms with E-state index in [1.165, 1.54) is 0 Å². The van der Waals surface area contributed by atoms with E-state index < -0.39 is 16.8 Å². The molecule has 0 aliphatic rings. The maximum absolute atomic E-state index is 3.12. The van der Waals surface area contributed by atoms with Crippen molar-refractivity contribution in [1.29, 1.82) is 0 Å². The first-order valence-electron chi connectivity index (χ1n) is 12.8. The van der Waals surface area contributed by atoms with Crippen molar-refractivity contribution in [2.45, 2.75) is 157 Å². The molecule has 0 saturated heterocycles. The van der Waals surface area contributed by atoms with Crippen LogP contribution in [0.3, 0.4) is 0 Å². The van der Waals surface area contributed by atoms with Crippen molar-refractivity contribution in [2.24, 2.45) is 0 Å². The van der Waals surface area contributed by atoms with E-state index in [1.54, 1.807) is 0 Å². The average Bonchev–Trinajstić information content (AvgIpc) is 2.53. The molecule has 0 unspecified atom stereocenters. The second-order valence-corrected chi connectivity index (χ2v) is 22.5. The van der Waals surface area contributed by atoms with Gasteiger partial charge < -0.3 is 13.4 Å². The third-order valence-corrected chi connectivity index (χ3v) is 22.3. The van der Waals surface area contributed by atoms with Gasteiger partial charge in [0.25, 0.3) is 0 Å². The highest BCUT2D eigenvalue weighted by Crippen LogP contribution is 2.49. The molecule has 0 atom stereocenters.